The molecule has 1 aromatic heterocycles. The van der Waals surface area contributed by atoms with Crippen LogP contribution in [0.1, 0.15) is 5.56 Å². The molecule has 0 aliphatic heterocycles. The molecule has 7 heteroatoms. The number of H-pyrrole nitrogens is 1. The van der Waals surface area contributed by atoms with E-state index in [-0.39, 0.29) is 12.3 Å². The zero-order chi connectivity index (χ0) is 12.4. The number of hydrogen-bond donors (Lipinski definition) is 2. The molecule has 2 rings (SSSR count). The van der Waals surface area contributed by atoms with Gasteiger partial charge in [-0.05, 0) is 35.5 Å². The average molecular weight is 272 g/mol. The highest BCUT2D eigenvalue weighted by Crippen LogP contribution is 2.29. The van der Waals surface area contributed by atoms with Gasteiger partial charge < -0.3 is 5.11 Å². The molecule has 0 fully saturated rings. The molecular weight excluding hydrogens is 262 g/mol. The summed E-state index contributed by atoms with van der Waals surface area (Å²) in [6.45, 7) is -0.110. The van der Waals surface area contributed by atoms with E-state index in [4.69, 9.17) is 11.6 Å². The maximum atomic E-state index is 11.2. The summed E-state index contributed by atoms with van der Waals surface area (Å²) in [5.74, 6) is 0. The zero-order valence-corrected chi connectivity index (χ0v) is 10.5. The van der Waals surface area contributed by atoms with E-state index in [9.17, 15) is 9.90 Å². The third-order valence-electron chi connectivity index (χ3n) is 2.23. The number of aromatic nitrogens is 3. The van der Waals surface area contributed by atoms with E-state index in [1.807, 2.05) is 0 Å². The van der Waals surface area contributed by atoms with Crippen LogP contribution in [0.2, 0.25) is 5.02 Å². The zero-order valence-electron chi connectivity index (χ0n) is 8.98. The number of aromatic amines is 1. The van der Waals surface area contributed by atoms with Gasteiger partial charge in [0, 0.05) is 17.0 Å². The van der Waals surface area contributed by atoms with Crippen molar-refractivity contribution in [2.24, 2.45) is 7.05 Å². The number of aliphatic hydroxyl groups is 1. The van der Waals surface area contributed by atoms with Crippen molar-refractivity contribution in [1.29, 1.82) is 0 Å². The van der Waals surface area contributed by atoms with Crippen LogP contribution >= 0.6 is 23.4 Å². The summed E-state index contributed by atoms with van der Waals surface area (Å²) in [5.41, 5.74) is 0.435. The molecule has 0 amide bonds. The second kappa shape index (κ2) is 4.95. The Balaban J connectivity index is 2.36. The van der Waals surface area contributed by atoms with Crippen LogP contribution in [-0.2, 0) is 13.7 Å². The molecule has 90 valence electrons. The Morgan fingerprint density at radius 3 is 2.94 bits per heavy atom. The number of halogens is 1. The van der Waals surface area contributed by atoms with Crippen LogP contribution < -0.4 is 5.69 Å². The van der Waals surface area contributed by atoms with Crippen LogP contribution in [0.4, 0.5) is 0 Å². The summed E-state index contributed by atoms with van der Waals surface area (Å²) in [6, 6.07) is 5.21. The predicted molar refractivity (Wildman–Crippen MR) is 65.3 cm³/mol. The molecule has 0 aliphatic carbocycles. The van der Waals surface area contributed by atoms with Crippen LogP contribution in [0.3, 0.4) is 0 Å². The first kappa shape index (κ1) is 12.2. The lowest BCUT2D eigenvalue weighted by molar-refractivity contribution is 0.279. The first-order chi connectivity index (χ1) is 8.11. The molecule has 2 aromatic rings. The third kappa shape index (κ3) is 2.54. The summed E-state index contributed by atoms with van der Waals surface area (Å²) in [7, 11) is 1.63. The standard InChI is InChI=1S/C10H10ClN3O2S/c1-14-9(16)12-13-10(14)17-8-3-2-7(11)4-6(8)5-15/h2-4,15H,5H2,1H3,(H,12,16). The number of aliphatic hydroxyl groups excluding tert-OH is 1. The van der Waals surface area contributed by atoms with E-state index >= 15 is 0 Å². The van der Waals surface area contributed by atoms with Gasteiger partial charge >= 0.3 is 5.69 Å². The number of rotatable bonds is 3. The lowest BCUT2D eigenvalue weighted by atomic mass is 10.2. The van der Waals surface area contributed by atoms with Crippen LogP contribution in [0.5, 0.6) is 0 Å². The SMILES string of the molecule is Cn1c(Sc2ccc(Cl)cc2CO)n[nH]c1=O. The van der Waals surface area contributed by atoms with E-state index in [1.165, 1.54) is 16.3 Å². The van der Waals surface area contributed by atoms with Gasteiger partial charge in [0.15, 0.2) is 5.16 Å². The minimum Gasteiger partial charge on any atom is -0.392 e. The van der Waals surface area contributed by atoms with Crippen molar-refractivity contribution in [2.45, 2.75) is 16.7 Å². The van der Waals surface area contributed by atoms with Crippen LogP contribution in [0.15, 0.2) is 33.0 Å². The molecule has 1 aromatic carbocycles. The Morgan fingerprint density at radius 2 is 2.35 bits per heavy atom. The van der Waals surface area contributed by atoms with Gasteiger partial charge in [0.05, 0.1) is 6.61 Å². The van der Waals surface area contributed by atoms with E-state index in [2.05, 4.69) is 10.2 Å². The summed E-state index contributed by atoms with van der Waals surface area (Å²) >= 11 is 7.13. The van der Waals surface area contributed by atoms with Crippen molar-refractivity contribution in [2.75, 3.05) is 0 Å². The van der Waals surface area contributed by atoms with Crippen molar-refractivity contribution in [3.8, 4) is 0 Å². The second-order valence-corrected chi connectivity index (χ2v) is 4.83. The molecule has 0 unspecified atom stereocenters. The van der Waals surface area contributed by atoms with E-state index < -0.39 is 0 Å². The first-order valence-electron chi connectivity index (χ1n) is 4.80. The van der Waals surface area contributed by atoms with Crippen molar-refractivity contribution >= 4 is 23.4 Å². The van der Waals surface area contributed by atoms with E-state index in [0.717, 1.165) is 4.90 Å². The normalized spacial score (nSPS) is 10.8. The molecule has 0 atom stereocenters. The Bertz CT molecular complexity index is 593. The Morgan fingerprint density at radius 1 is 1.59 bits per heavy atom. The quantitative estimate of drug-likeness (QED) is 0.885. The molecule has 2 N–H and O–H groups in total. The van der Waals surface area contributed by atoms with E-state index in [0.29, 0.717) is 15.7 Å². The molecule has 0 bridgehead atoms. The molecular formula is C10H10ClN3O2S. The lowest BCUT2D eigenvalue weighted by Crippen LogP contribution is -2.12. The monoisotopic (exact) mass is 271 g/mol. The molecule has 5 nitrogen and oxygen atoms in total. The van der Waals surface area contributed by atoms with Gasteiger partial charge in [-0.1, -0.05) is 11.6 Å². The topological polar surface area (TPSA) is 70.9 Å². The van der Waals surface area contributed by atoms with Crippen molar-refractivity contribution < 1.29 is 5.11 Å². The van der Waals surface area contributed by atoms with Crippen molar-refractivity contribution in [1.82, 2.24) is 14.8 Å². The molecule has 1 heterocycles. The highest BCUT2D eigenvalue weighted by molar-refractivity contribution is 7.99. The second-order valence-electron chi connectivity index (χ2n) is 3.38. The highest BCUT2D eigenvalue weighted by Gasteiger charge is 2.09. The summed E-state index contributed by atoms with van der Waals surface area (Å²) in [4.78, 5) is 12.0. The Labute approximate surface area is 106 Å². The van der Waals surface area contributed by atoms with Crippen molar-refractivity contribution in [3.63, 3.8) is 0 Å². The van der Waals surface area contributed by atoms with E-state index in [1.54, 1.807) is 25.2 Å². The lowest BCUT2D eigenvalue weighted by Gasteiger charge is -2.06. The fraction of sp³-hybridized carbons (Fsp3) is 0.200. The fourth-order valence-corrected chi connectivity index (χ4v) is 2.39. The maximum absolute atomic E-state index is 11.2. The first-order valence-corrected chi connectivity index (χ1v) is 6.00. The Hall–Kier alpha value is -1.24. The largest absolute Gasteiger partial charge is 0.392 e. The minimum absolute atomic E-state index is 0.110. The van der Waals surface area contributed by atoms with Gasteiger partial charge in [0.25, 0.3) is 0 Å². The minimum atomic E-state index is -0.271. The van der Waals surface area contributed by atoms with Crippen LogP contribution in [0.25, 0.3) is 0 Å². The van der Waals surface area contributed by atoms with Gasteiger partial charge in [-0.3, -0.25) is 4.57 Å². The number of benzene rings is 1. The molecule has 0 spiro atoms. The summed E-state index contributed by atoms with van der Waals surface area (Å²) < 4.78 is 1.40. The number of hydrogen-bond acceptors (Lipinski definition) is 4. The Kier molecular flexibility index (Phi) is 3.56. The molecule has 0 aliphatic rings. The van der Waals surface area contributed by atoms with Gasteiger partial charge in [-0.25, -0.2) is 9.89 Å². The fourth-order valence-electron chi connectivity index (χ4n) is 1.29. The number of nitrogens with zero attached hydrogens (tertiary/aromatic N) is 2. The van der Waals surface area contributed by atoms with Crippen LogP contribution in [-0.4, -0.2) is 19.9 Å². The smallest absolute Gasteiger partial charge is 0.343 e. The van der Waals surface area contributed by atoms with Crippen molar-refractivity contribution in [3.05, 3.63) is 39.3 Å². The average Bonchev–Trinajstić information content (AvgIpc) is 2.63. The highest BCUT2D eigenvalue weighted by atomic mass is 35.5. The summed E-state index contributed by atoms with van der Waals surface area (Å²) in [6.07, 6.45) is 0. The van der Waals surface area contributed by atoms with Gasteiger partial charge in [-0.15, -0.1) is 5.10 Å². The number of nitrogens with one attached hydrogen (secondary N) is 1. The van der Waals surface area contributed by atoms with Gasteiger partial charge in [0.1, 0.15) is 0 Å². The van der Waals surface area contributed by atoms with Gasteiger partial charge in [0.2, 0.25) is 0 Å². The molecule has 17 heavy (non-hydrogen) atoms. The summed E-state index contributed by atoms with van der Waals surface area (Å²) in [5, 5.41) is 16.6. The third-order valence-corrected chi connectivity index (χ3v) is 3.63. The molecule has 0 saturated carbocycles. The predicted octanol–water partition coefficient (Wildman–Crippen LogP) is 1.41. The van der Waals surface area contributed by atoms with Crippen LogP contribution in [0, 0.1) is 0 Å². The maximum Gasteiger partial charge on any atom is 0.343 e. The molecule has 0 saturated heterocycles. The molecule has 0 radical (unpaired) electrons. The van der Waals surface area contributed by atoms with Gasteiger partial charge in [-0.2, -0.15) is 0 Å².